The summed E-state index contributed by atoms with van der Waals surface area (Å²) in [5, 5.41) is 5.99. The minimum Gasteiger partial charge on any atom is -0.497 e. The van der Waals surface area contributed by atoms with E-state index in [0.29, 0.717) is 19.8 Å². The topological polar surface area (TPSA) is 68.8 Å². The van der Waals surface area contributed by atoms with Gasteiger partial charge in [0.25, 0.3) is 0 Å². The van der Waals surface area contributed by atoms with Gasteiger partial charge in [0.05, 0.1) is 26.4 Å². The summed E-state index contributed by atoms with van der Waals surface area (Å²) in [7, 11) is 1.63. The van der Waals surface area contributed by atoms with E-state index in [9.17, 15) is 4.79 Å². The molecule has 0 bridgehead atoms. The summed E-state index contributed by atoms with van der Waals surface area (Å²) in [6.45, 7) is 5.88. The maximum Gasteiger partial charge on any atom is 0.315 e. The summed E-state index contributed by atoms with van der Waals surface area (Å²) in [4.78, 5) is 12.5. The average molecular weight is 384 g/mol. The zero-order valence-corrected chi connectivity index (χ0v) is 16.7. The van der Waals surface area contributed by atoms with Gasteiger partial charge in [0, 0.05) is 13.0 Å². The van der Waals surface area contributed by atoms with Gasteiger partial charge in [-0.3, -0.25) is 0 Å². The highest BCUT2D eigenvalue weighted by Crippen LogP contribution is 2.34. The van der Waals surface area contributed by atoms with E-state index in [1.54, 1.807) is 7.11 Å². The standard InChI is InChI=1S/C22H28N2O4/c1-15(2)21(17-8-9-19-20(13-17)28-11-5-10-27-19)24-22(25)23-14-16-6-4-7-18(12-16)26-3/h4,6-9,12-13,15,21H,5,10-11,14H2,1-3H3,(H2,23,24,25). The smallest absolute Gasteiger partial charge is 0.315 e. The van der Waals surface area contributed by atoms with Crippen LogP contribution in [0.4, 0.5) is 4.79 Å². The van der Waals surface area contributed by atoms with E-state index in [1.165, 1.54) is 0 Å². The molecule has 0 saturated heterocycles. The normalized spacial score (nSPS) is 14.1. The van der Waals surface area contributed by atoms with E-state index in [-0.39, 0.29) is 18.0 Å². The molecule has 0 radical (unpaired) electrons. The number of carbonyl (C=O) groups excluding carboxylic acids is 1. The molecule has 1 aliphatic rings. The van der Waals surface area contributed by atoms with Crippen LogP contribution in [0.3, 0.4) is 0 Å². The monoisotopic (exact) mass is 384 g/mol. The number of hydrogen-bond acceptors (Lipinski definition) is 4. The maximum atomic E-state index is 12.5. The fraction of sp³-hybridized carbons (Fsp3) is 0.409. The molecule has 2 N–H and O–H groups in total. The minimum absolute atomic E-state index is 0.137. The molecule has 28 heavy (non-hydrogen) atoms. The molecule has 0 aromatic heterocycles. The second kappa shape index (κ2) is 9.35. The van der Waals surface area contributed by atoms with Crippen molar-refractivity contribution in [2.24, 2.45) is 5.92 Å². The number of urea groups is 1. The number of rotatable bonds is 6. The molecular formula is C22H28N2O4. The molecule has 2 aromatic carbocycles. The number of fused-ring (bicyclic) bond motifs is 1. The molecular weight excluding hydrogens is 356 g/mol. The van der Waals surface area contributed by atoms with Gasteiger partial charge < -0.3 is 24.8 Å². The van der Waals surface area contributed by atoms with Crippen molar-refractivity contribution in [3.8, 4) is 17.2 Å². The van der Waals surface area contributed by atoms with Gasteiger partial charge in [-0.25, -0.2) is 4.79 Å². The Morgan fingerprint density at radius 1 is 1.11 bits per heavy atom. The van der Waals surface area contributed by atoms with E-state index in [0.717, 1.165) is 34.8 Å². The molecule has 0 fully saturated rings. The van der Waals surface area contributed by atoms with Crippen LogP contribution in [0.5, 0.6) is 17.2 Å². The highest BCUT2D eigenvalue weighted by molar-refractivity contribution is 5.74. The highest BCUT2D eigenvalue weighted by Gasteiger charge is 2.21. The minimum atomic E-state index is -0.214. The van der Waals surface area contributed by atoms with Crippen molar-refractivity contribution in [1.82, 2.24) is 10.6 Å². The molecule has 1 atom stereocenters. The Bertz CT molecular complexity index is 807. The third-order valence-corrected chi connectivity index (χ3v) is 4.67. The first-order valence-corrected chi connectivity index (χ1v) is 9.63. The summed E-state index contributed by atoms with van der Waals surface area (Å²) in [6, 6.07) is 13.2. The Hall–Kier alpha value is -2.89. The van der Waals surface area contributed by atoms with Crippen molar-refractivity contribution in [1.29, 1.82) is 0 Å². The van der Waals surface area contributed by atoms with Crippen LogP contribution >= 0.6 is 0 Å². The van der Waals surface area contributed by atoms with Crippen molar-refractivity contribution < 1.29 is 19.0 Å². The quantitative estimate of drug-likeness (QED) is 0.788. The predicted molar refractivity (Wildman–Crippen MR) is 108 cm³/mol. The van der Waals surface area contributed by atoms with Gasteiger partial charge in [-0.15, -0.1) is 0 Å². The molecule has 2 amide bonds. The van der Waals surface area contributed by atoms with Gasteiger partial charge in [-0.1, -0.05) is 32.0 Å². The van der Waals surface area contributed by atoms with Crippen LogP contribution in [0, 0.1) is 5.92 Å². The van der Waals surface area contributed by atoms with E-state index < -0.39 is 0 Å². The van der Waals surface area contributed by atoms with Gasteiger partial charge >= 0.3 is 6.03 Å². The number of methoxy groups -OCH3 is 1. The lowest BCUT2D eigenvalue weighted by Crippen LogP contribution is -2.39. The molecule has 150 valence electrons. The lowest BCUT2D eigenvalue weighted by molar-refractivity contribution is 0.232. The number of ether oxygens (including phenoxy) is 3. The molecule has 6 nitrogen and oxygen atoms in total. The van der Waals surface area contributed by atoms with Crippen LogP contribution in [0.2, 0.25) is 0 Å². The Morgan fingerprint density at radius 3 is 2.64 bits per heavy atom. The van der Waals surface area contributed by atoms with Crippen LogP contribution in [0.15, 0.2) is 42.5 Å². The summed E-state index contributed by atoms with van der Waals surface area (Å²) in [5.41, 5.74) is 1.97. The zero-order chi connectivity index (χ0) is 19.9. The first-order chi connectivity index (χ1) is 13.6. The predicted octanol–water partition coefficient (Wildman–Crippen LogP) is 4.05. The molecule has 1 unspecified atom stereocenters. The van der Waals surface area contributed by atoms with E-state index >= 15 is 0 Å². The molecule has 0 spiro atoms. The zero-order valence-electron chi connectivity index (χ0n) is 16.7. The first kappa shape index (κ1) is 19.9. The molecule has 1 heterocycles. The lowest BCUT2D eigenvalue weighted by atomic mass is 9.96. The molecule has 0 aliphatic carbocycles. The van der Waals surface area contributed by atoms with Crippen molar-refractivity contribution in [2.75, 3.05) is 20.3 Å². The second-order valence-electron chi connectivity index (χ2n) is 7.16. The number of nitrogens with one attached hydrogen (secondary N) is 2. The van der Waals surface area contributed by atoms with Crippen LogP contribution in [0.25, 0.3) is 0 Å². The van der Waals surface area contributed by atoms with Gasteiger partial charge in [0.1, 0.15) is 5.75 Å². The summed E-state index contributed by atoms with van der Waals surface area (Å²) >= 11 is 0. The molecule has 1 aliphatic heterocycles. The number of benzene rings is 2. The second-order valence-corrected chi connectivity index (χ2v) is 7.16. The molecule has 2 aromatic rings. The summed E-state index contributed by atoms with van der Waals surface area (Å²) in [5.74, 6) is 2.48. The summed E-state index contributed by atoms with van der Waals surface area (Å²) in [6.07, 6.45) is 0.864. The van der Waals surface area contributed by atoms with Gasteiger partial charge in [0.15, 0.2) is 11.5 Å². The van der Waals surface area contributed by atoms with E-state index in [1.807, 2.05) is 42.5 Å². The number of hydrogen-bond donors (Lipinski definition) is 2. The van der Waals surface area contributed by atoms with Gasteiger partial charge in [-0.2, -0.15) is 0 Å². The highest BCUT2D eigenvalue weighted by atomic mass is 16.5. The Labute approximate surface area is 166 Å². The van der Waals surface area contributed by atoms with Gasteiger partial charge in [0.2, 0.25) is 0 Å². The third kappa shape index (κ3) is 5.09. The molecule has 3 rings (SSSR count). The lowest BCUT2D eigenvalue weighted by Gasteiger charge is -2.24. The maximum absolute atomic E-state index is 12.5. The van der Waals surface area contributed by atoms with Crippen LogP contribution in [0.1, 0.15) is 37.4 Å². The van der Waals surface area contributed by atoms with Crippen molar-refractivity contribution in [3.05, 3.63) is 53.6 Å². The van der Waals surface area contributed by atoms with E-state index in [4.69, 9.17) is 14.2 Å². The van der Waals surface area contributed by atoms with Crippen LogP contribution < -0.4 is 24.8 Å². The van der Waals surface area contributed by atoms with Gasteiger partial charge in [-0.05, 0) is 41.3 Å². The van der Waals surface area contributed by atoms with Crippen LogP contribution in [-0.4, -0.2) is 26.4 Å². The SMILES string of the molecule is COc1cccc(CNC(=O)NC(c2ccc3c(c2)OCCCO3)C(C)C)c1. The Balaban J connectivity index is 1.65. The Morgan fingerprint density at radius 2 is 1.89 bits per heavy atom. The average Bonchev–Trinajstić information content (AvgIpc) is 2.95. The fourth-order valence-electron chi connectivity index (χ4n) is 3.17. The molecule has 0 saturated carbocycles. The van der Waals surface area contributed by atoms with Crippen molar-refractivity contribution >= 4 is 6.03 Å². The van der Waals surface area contributed by atoms with Crippen molar-refractivity contribution in [2.45, 2.75) is 32.9 Å². The number of amides is 2. The van der Waals surface area contributed by atoms with Crippen LogP contribution in [-0.2, 0) is 6.54 Å². The fourth-order valence-corrected chi connectivity index (χ4v) is 3.17. The number of carbonyl (C=O) groups is 1. The molecule has 6 heteroatoms. The summed E-state index contributed by atoms with van der Waals surface area (Å²) < 4.78 is 16.7. The van der Waals surface area contributed by atoms with Crippen molar-refractivity contribution in [3.63, 3.8) is 0 Å². The Kier molecular flexibility index (Phi) is 6.63. The largest absolute Gasteiger partial charge is 0.497 e. The van der Waals surface area contributed by atoms with E-state index in [2.05, 4.69) is 24.5 Å². The first-order valence-electron chi connectivity index (χ1n) is 9.63. The third-order valence-electron chi connectivity index (χ3n) is 4.67.